The quantitative estimate of drug-likeness (QED) is 0.723. The van der Waals surface area contributed by atoms with E-state index in [-0.39, 0.29) is 4.90 Å². The lowest BCUT2D eigenvalue weighted by atomic mass is 10.1. The normalized spacial score (nSPS) is 21.0. The van der Waals surface area contributed by atoms with Crippen LogP contribution in [-0.2, 0) is 26.0 Å². The maximum absolute atomic E-state index is 12.9. The van der Waals surface area contributed by atoms with Gasteiger partial charge in [0.15, 0.2) is 0 Å². The Labute approximate surface area is 165 Å². The molecular weight excluding hydrogens is 378 g/mol. The first-order chi connectivity index (χ1) is 13.2. The van der Waals surface area contributed by atoms with Crippen LogP contribution < -0.4 is 4.72 Å². The van der Waals surface area contributed by atoms with E-state index in [1.807, 2.05) is 31.2 Å². The molecule has 150 valence electrons. The Morgan fingerprint density at radius 2 is 1.79 bits per heavy atom. The van der Waals surface area contributed by atoms with Crippen LogP contribution in [0, 0.1) is 12.8 Å². The molecule has 0 unspecified atom stereocenters. The van der Waals surface area contributed by atoms with E-state index in [2.05, 4.69) is 4.72 Å². The zero-order valence-corrected chi connectivity index (χ0v) is 16.9. The van der Waals surface area contributed by atoms with Crippen molar-refractivity contribution < 1.29 is 23.1 Å². The summed E-state index contributed by atoms with van der Waals surface area (Å²) in [6.07, 6.45) is -1.11. The molecule has 2 aromatic carbocycles. The van der Waals surface area contributed by atoms with Crippen molar-refractivity contribution >= 4 is 16.0 Å². The van der Waals surface area contributed by atoms with Crippen molar-refractivity contribution in [2.45, 2.75) is 50.3 Å². The summed E-state index contributed by atoms with van der Waals surface area (Å²) < 4.78 is 34.1. The van der Waals surface area contributed by atoms with Gasteiger partial charge in [0.2, 0.25) is 10.0 Å². The van der Waals surface area contributed by atoms with Gasteiger partial charge in [-0.1, -0.05) is 42.0 Å². The van der Waals surface area contributed by atoms with Gasteiger partial charge in [0.05, 0.1) is 23.0 Å². The number of rotatable bonds is 6. The van der Waals surface area contributed by atoms with Gasteiger partial charge in [-0.05, 0) is 44.0 Å². The first-order valence-electron chi connectivity index (χ1n) is 9.24. The minimum atomic E-state index is -3.80. The van der Waals surface area contributed by atoms with E-state index < -0.39 is 40.2 Å². The Kier molecular flexibility index (Phi) is 5.88. The SMILES string of the molecule is Cc1ccc(S(=O)(=O)N[C@@H]2c3ccccc3C[C@@H]2OC(=O)[C@H](C)[C@H](C)O)cc1. The van der Waals surface area contributed by atoms with Crippen LogP contribution in [0.3, 0.4) is 0 Å². The molecule has 0 heterocycles. The van der Waals surface area contributed by atoms with Gasteiger partial charge in [-0.3, -0.25) is 4.79 Å². The number of esters is 1. The molecule has 0 spiro atoms. The monoisotopic (exact) mass is 403 g/mol. The highest BCUT2D eigenvalue weighted by molar-refractivity contribution is 7.89. The van der Waals surface area contributed by atoms with E-state index in [4.69, 9.17) is 4.74 Å². The molecule has 0 radical (unpaired) electrons. The Hall–Kier alpha value is -2.22. The third-order valence-corrected chi connectivity index (χ3v) is 6.62. The standard InChI is InChI=1S/C21H25NO5S/c1-13-8-10-17(11-9-13)28(25,26)22-20-18-7-5-4-6-16(18)12-19(20)27-21(24)14(2)15(3)23/h4-11,14-15,19-20,22-23H,12H2,1-3H3/t14-,15+,19+,20-/m1/s1. The number of ether oxygens (including phenoxy) is 1. The van der Waals surface area contributed by atoms with Crippen molar-refractivity contribution in [3.8, 4) is 0 Å². The third kappa shape index (κ3) is 4.27. The lowest BCUT2D eigenvalue weighted by molar-refractivity contribution is -0.157. The second-order valence-electron chi connectivity index (χ2n) is 7.32. The lowest BCUT2D eigenvalue weighted by Crippen LogP contribution is -2.38. The number of aryl methyl sites for hydroxylation is 1. The zero-order valence-electron chi connectivity index (χ0n) is 16.1. The number of sulfonamides is 1. The maximum Gasteiger partial charge on any atom is 0.311 e. The Morgan fingerprint density at radius 1 is 1.14 bits per heavy atom. The molecule has 0 amide bonds. The van der Waals surface area contributed by atoms with Crippen LogP contribution in [0.25, 0.3) is 0 Å². The third-order valence-electron chi connectivity index (χ3n) is 5.16. The molecule has 0 saturated heterocycles. The van der Waals surface area contributed by atoms with E-state index in [1.165, 1.54) is 6.92 Å². The van der Waals surface area contributed by atoms with Crippen molar-refractivity contribution in [1.29, 1.82) is 0 Å². The molecule has 2 aromatic rings. The van der Waals surface area contributed by atoms with Crippen LogP contribution in [0.4, 0.5) is 0 Å². The summed E-state index contributed by atoms with van der Waals surface area (Å²) in [5, 5.41) is 9.65. The molecule has 7 heteroatoms. The average molecular weight is 404 g/mol. The van der Waals surface area contributed by atoms with E-state index >= 15 is 0 Å². The van der Waals surface area contributed by atoms with E-state index in [1.54, 1.807) is 31.2 Å². The van der Waals surface area contributed by atoms with Crippen LogP contribution in [0.2, 0.25) is 0 Å². The van der Waals surface area contributed by atoms with E-state index in [0.29, 0.717) is 6.42 Å². The van der Waals surface area contributed by atoms with Gasteiger partial charge < -0.3 is 9.84 Å². The highest BCUT2D eigenvalue weighted by Gasteiger charge is 2.39. The van der Waals surface area contributed by atoms with Crippen LogP contribution >= 0.6 is 0 Å². The fraction of sp³-hybridized carbons (Fsp3) is 0.381. The second kappa shape index (κ2) is 8.03. The maximum atomic E-state index is 12.9. The predicted octanol–water partition coefficient (Wildman–Crippen LogP) is 2.50. The highest BCUT2D eigenvalue weighted by atomic mass is 32.2. The molecule has 0 aromatic heterocycles. The summed E-state index contributed by atoms with van der Waals surface area (Å²) in [7, 11) is -3.80. The smallest absolute Gasteiger partial charge is 0.311 e. The molecule has 6 nitrogen and oxygen atoms in total. The van der Waals surface area contributed by atoms with E-state index in [0.717, 1.165) is 16.7 Å². The average Bonchev–Trinajstić information content (AvgIpc) is 2.98. The summed E-state index contributed by atoms with van der Waals surface area (Å²) in [6, 6.07) is 13.3. The Bertz CT molecular complexity index is 953. The van der Waals surface area contributed by atoms with Gasteiger partial charge in [-0.25, -0.2) is 8.42 Å². The van der Waals surface area contributed by atoms with Crippen molar-refractivity contribution in [2.24, 2.45) is 5.92 Å². The predicted molar refractivity (Wildman–Crippen MR) is 105 cm³/mol. The fourth-order valence-electron chi connectivity index (χ4n) is 3.21. The van der Waals surface area contributed by atoms with Crippen molar-refractivity contribution in [3.63, 3.8) is 0 Å². The summed E-state index contributed by atoms with van der Waals surface area (Å²) in [4.78, 5) is 12.5. The summed E-state index contributed by atoms with van der Waals surface area (Å²) in [6.45, 7) is 4.99. The number of hydrogen-bond acceptors (Lipinski definition) is 5. The second-order valence-corrected chi connectivity index (χ2v) is 9.03. The summed E-state index contributed by atoms with van der Waals surface area (Å²) in [5.74, 6) is -1.24. The van der Waals surface area contributed by atoms with Crippen LogP contribution in [0.1, 0.15) is 36.6 Å². The van der Waals surface area contributed by atoms with Crippen LogP contribution in [0.5, 0.6) is 0 Å². The van der Waals surface area contributed by atoms with E-state index in [9.17, 15) is 18.3 Å². The molecule has 0 saturated carbocycles. The zero-order chi connectivity index (χ0) is 20.5. The fourth-order valence-corrected chi connectivity index (χ4v) is 4.46. The summed E-state index contributed by atoms with van der Waals surface area (Å²) >= 11 is 0. The molecule has 0 fully saturated rings. The number of benzene rings is 2. The first kappa shape index (κ1) is 20.5. The van der Waals surface area contributed by atoms with Crippen molar-refractivity contribution in [3.05, 3.63) is 65.2 Å². The molecule has 28 heavy (non-hydrogen) atoms. The molecule has 0 aliphatic heterocycles. The topological polar surface area (TPSA) is 92.7 Å². The van der Waals surface area contributed by atoms with Gasteiger partial charge in [-0.2, -0.15) is 4.72 Å². The first-order valence-corrected chi connectivity index (χ1v) is 10.7. The van der Waals surface area contributed by atoms with Crippen LogP contribution in [0.15, 0.2) is 53.4 Å². The molecule has 1 aliphatic rings. The van der Waals surface area contributed by atoms with Gasteiger partial charge >= 0.3 is 5.97 Å². The number of nitrogens with one attached hydrogen (secondary N) is 1. The van der Waals surface area contributed by atoms with Gasteiger partial charge in [0.25, 0.3) is 0 Å². The molecule has 3 rings (SSSR count). The molecule has 4 atom stereocenters. The molecule has 2 N–H and O–H groups in total. The minimum Gasteiger partial charge on any atom is -0.460 e. The number of hydrogen-bond donors (Lipinski definition) is 2. The number of aliphatic hydroxyl groups excluding tert-OH is 1. The lowest BCUT2D eigenvalue weighted by Gasteiger charge is -2.24. The number of carbonyl (C=O) groups is 1. The molecule has 1 aliphatic carbocycles. The van der Waals surface area contributed by atoms with Gasteiger partial charge in [-0.15, -0.1) is 0 Å². The minimum absolute atomic E-state index is 0.157. The molecular formula is C21H25NO5S. The van der Waals surface area contributed by atoms with Crippen molar-refractivity contribution in [1.82, 2.24) is 4.72 Å². The Balaban J connectivity index is 1.88. The highest BCUT2D eigenvalue weighted by Crippen LogP contribution is 2.35. The van der Waals surface area contributed by atoms with Gasteiger partial charge in [0.1, 0.15) is 6.10 Å². The summed E-state index contributed by atoms with van der Waals surface area (Å²) in [5.41, 5.74) is 2.69. The number of fused-ring (bicyclic) bond motifs is 1. The largest absolute Gasteiger partial charge is 0.460 e. The molecule has 0 bridgehead atoms. The van der Waals surface area contributed by atoms with Crippen molar-refractivity contribution in [2.75, 3.05) is 0 Å². The number of aliphatic hydroxyl groups is 1. The number of carbonyl (C=O) groups excluding carboxylic acids is 1. The van der Waals surface area contributed by atoms with Crippen LogP contribution in [-0.4, -0.2) is 31.7 Å². The van der Waals surface area contributed by atoms with Gasteiger partial charge in [0, 0.05) is 6.42 Å². The Morgan fingerprint density at radius 3 is 2.43 bits per heavy atom.